The summed E-state index contributed by atoms with van der Waals surface area (Å²) in [4.78, 5) is 0. The summed E-state index contributed by atoms with van der Waals surface area (Å²) >= 11 is 1.77. The minimum absolute atomic E-state index is 0.344. The van der Waals surface area contributed by atoms with Gasteiger partial charge in [0.2, 0.25) is 0 Å². The largest absolute Gasteiger partial charge is 0.307 e. The number of rotatable bonds is 5. The summed E-state index contributed by atoms with van der Waals surface area (Å²) in [5, 5.41) is 8.03. The van der Waals surface area contributed by atoms with Gasteiger partial charge in [-0.3, -0.25) is 0 Å². The first-order valence-corrected chi connectivity index (χ1v) is 8.18. The molecule has 1 unspecified atom stereocenters. The molecule has 1 aliphatic carbocycles. The third-order valence-corrected chi connectivity index (χ3v) is 4.81. The Labute approximate surface area is 119 Å². The van der Waals surface area contributed by atoms with Crippen molar-refractivity contribution in [2.24, 2.45) is 0 Å². The molecule has 2 aromatic rings. The molecule has 0 saturated heterocycles. The molecule has 3 rings (SSSR count). The standard InChI is InChI=1S/C17H21NS/c1-2-18-17(16-9-10-19-12-16)15-8-4-7-14(11-15)13-5-3-6-13/h4,7-13,17-18H,2-3,5-6H2,1H3. The molecule has 1 nitrogen and oxygen atoms in total. The number of nitrogens with one attached hydrogen (secondary N) is 1. The minimum atomic E-state index is 0.344. The van der Waals surface area contributed by atoms with Gasteiger partial charge in [0.25, 0.3) is 0 Å². The summed E-state index contributed by atoms with van der Waals surface area (Å²) in [6.07, 6.45) is 4.14. The van der Waals surface area contributed by atoms with Crippen molar-refractivity contribution in [3.8, 4) is 0 Å². The minimum Gasteiger partial charge on any atom is -0.307 e. The van der Waals surface area contributed by atoms with Gasteiger partial charge in [0.15, 0.2) is 0 Å². The average molecular weight is 271 g/mol. The molecule has 0 spiro atoms. The highest BCUT2D eigenvalue weighted by Gasteiger charge is 2.21. The molecule has 1 heterocycles. The zero-order valence-corrected chi connectivity index (χ0v) is 12.2. The summed E-state index contributed by atoms with van der Waals surface area (Å²) in [6, 6.07) is 11.8. The maximum absolute atomic E-state index is 3.61. The van der Waals surface area contributed by atoms with E-state index in [1.165, 1.54) is 36.0 Å². The van der Waals surface area contributed by atoms with Crippen LogP contribution in [0.3, 0.4) is 0 Å². The number of hydrogen-bond acceptors (Lipinski definition) is 2. The van der Waals surface area contributed by atoms with Gasteiger partial charge >= 0.3 is 0 Å². The van der Waals surface area contributed by atoms with Gasteiger partial charge in [0, 0.05) is 0 Å². The first-order chi connectivity index (χ1) is 9.38. The van der Waals surface area contributed by atoms with Crippen molar-refractivity contribution in [1.29, 1.82) is 0 Å². The molecule has 1 aromatic heterocycles. The topological polar surface area (TPSA) is 12.0 Å². The van der Waals surface area contributed by atoms with E-state index in [1.54, 1.807) is 11.3 Å². The molecule has 100 valence electrons. The van der Waals surface area contributed by atoms with Gasteiger partial charge in [-0.25, -0.2) is 0 Å². The van der Waals surface area contributed by atoms with E-state index in [4.69, 9.17) is 0 Å². The van der Waals surface area contributed by atoms with Crippen LogP contribution < -0.4 is 5.32 Å². The molecule has 19 heavy (non-hydrogen) atoms. The van der Waals surface area contributed by atoms with Crippen LogP contribution in [0.1, 0.15) is 54.8 Å². The third-order valence-electron chi connectivity index (χ3n) is 4.11. The summed E-state index contributed by atoms with van der Waals surface area (Å²) in [6.45, 7) is 3.17. The molecule has 0 bridgehead atoms. The molecule has 0 radical (unpaired) electrons. The van der Waals surface area contributed by atoms with E-state index in [2.05, 4.69) is 53.3 Å². The van der Waals surface area contributed by atoms with Crippen molar-refractivity contribution < 1.29 is 0 Å². The molecule has 1 aliphatic rings. The van der Waals surface area contributed by atoms with Crippen LogP contribution in [0.2, 0.25) is 0 Å². The highest BCUT2D eigenvalue weighted by molar-refractivity contribution is 7.08. The van der Waals surface area contributed by atoms with Gasteiger partial charge in [-0.15, -0.1) is 0 Å². The highest BCUT2D eigenvalue weighted by atomic mass is 32.1. The predicted octanol–water partition coefficient (Wildman–Crippen LogP) is 4.71. The first-order valence-electron chi connectivity index (χ1n) is 7.24. The Morgan fingerprint density at radius 2 is 2.16 bits per heavy atom. The normalized spacial score (nSPS) is 17.1. The monoisotopic (exact) mass is 271 g/mol. The molecule has 1 fully saturated rings. The molecule has 1 saturated carbocycles. The molecule has 1 N–H and O–H groups in total. The van der Waals surface area contributed by atoms with Gasteiger partial charge in [-0.2, -0.15) is 11.3 Å². The van der Waals surface area contributed by atoms with Crippen molar-refractivity contribution in [1.82, 2.24) is 5.32 Å². The van der Waals surface area contributed by atoms with Gasteiger partial charge < -0.3 is 5.32 Å². The van der Waals surface area contributed by atoms with Crippen molar-refractivity contribution in [3.63, 3.8) is 0 Å². The molecule has 1 aromatic carbocycles. The Hall–Kier alpha value is -1.12. The van der Waals surface area contributed by atoms with E-state index >= 15 is 0 Å². The lowest BCUT2D eigenvalue weighted by Crippen LogP contribution is -2.22. The van der Waals surface area contributed by atoms with Crippen LogP contribution in [0, 0.1) is 0 Å². The van der Waals surface area contributed by atoms with Crippen LogP contribution >= 0.6 is 11.3 Å². The summed E-state index contributed by atoms with van der Waals surface area (Å²) < 4.78 is 0. The van der Waals surface area contributed by atoms with Crippen LogP contribution in [0.25, 0.3) is 0 Å². The third kappa shape index (κ3) is 2.75. The molecule has 2 heteroatoms. The summed E-state index contributed by atoms with van der Waals surface area (Å²) in [7, 11) is 0. The van der Waals surface area contributed by atoms with Crippen LogP contribution in [0.5, 0.6) is 0 Å². The van der Waals surface area contributed by atoms with Crippen molar-refractivity contribution in [2.45, 2.75) is 38.1 Å². The Morgan fingerprint density at radius 1 is 1.26 bits per heavy atom. The van der Waals surface area contributed by atoms with E-state index in [-0.39, 0.29) is 0 Å². The predicted molar refractivity (Wildman–Crippen MR) is 82.9 cm³/mol. The van der Waals surface area contributed by atoms with Gasteiger partial charge in [0.05, 0.1) is 6.04 Å². The molecular formula is C17H21NS. The van der Waals surface area contributed by atoms with Gasteiger partial charge in [-0.1, -0.05) is 37.6 Å². The lowest BCUT2D eigenvalue weighted by atomic mass is 9.79. The van der Waals surface area contributed by atoms with E-state index in [1.807, 2.05) is 0 Å². The van der Waals surface area contributed by atoms with E-state index in [0.717, 1.165) is 12.5 Å². The molecule has 0 aliphatic heterocycles. The van der Waals surface area contributed by atoms with E-state index in [9.17, 15) is 0 Å². The van der Waals surface area contributed by atoms with Crippen LogP contribution in [-0.2, 0) is 0 Å². The Bertz CT molecular complexity index is 514. The first kappa shape index (κ1) is 12.9. The molecule has 0 amide bonds. The Morgan fingerprint density at radius 3 is 2.79 bits per heavy atom. The second kappa shape index (κ2) is 5.89. The van der Waals surface area contributed by atoms with Gasteiger partial charge in [-0.05, 0) is 58.8 Å². The van der Waals surface area contributed by atoms with Gasteiger partial charge in [0.1, 0.15) is 0 Å². The Kier molecular flexibility index (Phi) is 4.00. The average Bonchev–Trinajstić information content (AvgIpc) is 2.88. The zero-order chi connectivity index (χ0) is 13.1. The second-order valence-electron chi connectivity index (χ2n) is 5.35. The Balaban J connectivity index is 1.89. The lowest BCUT2D eigenvalue weighted by molar-refractivity contribution is 0.419. The van der Waals surface area contributed by atoms with Crippen molar-refractivity contribution >= 4 is 11.3 Å². The number of benzene rings is 1. The van der Waals surface area contributed by atoms with E-state index in [0.29, 0.717) is 6.04 Å². The maximum atomic E-state index is 3.61. The second-order valence-corrected chi connectivity index (χ2v) is 6.13. The summed E-state index contributed by atoms with van der Waals surface area (Å²) in [5.74, 6) is 0.810. The fourth-order valence-corrected chi connectivity index (χ4v) is 3.49. The maximum Gasteiger partial charge on any atom is 0.0584 e. The summed E-state index contributed by atoms with van der Waals surface area (Å²) in [5.41, 5.74) is 4.32. The van der Waals surface area contributed by atoms with Crippen molar-refractivity contribution in [2.75, 3.05) is 6.54 Å². The highest BCUT2D eigenvalue weighted by Crippen LogP contribution is 2.37. The van der Waals surface area contributed by atoms with Crippen LogP contribution in [-0.4, -0.2) is 6.54 Å². The quantitative estimate of drug-likeness (QED) is 0.830. The fraction of sp³-hybridized carbons (Fsp3) is 0.412. The lowest BCUT2D eigenvalue weighted by Gasteiger charge is -2.27. The molecule has 1 atom stereocenters. The van der Waals surface area contributed by atoms with Crippen LogP contribution in [0.4, 0.5) is 0 Å². The van der Waals surface area contributed by atoms with Crippen molar-refractivity contribution in [3.05, 3.63) is 57.8 Å². The smallest absolute Gasteiger partial charge is 0.0584 e. The van der Waals surface area contributed by atoms with Crippen LogP contribution in [0.15, 0.2) is 41.1 Å². The fourth-order valence-electron chi connectivity index (χ4n) is 2.81. The molecular weight excluding hydrogens is 250 g/mol. The number of hydrogen-bond donors (Lipinski definition) is 1. The SMILES string of the molecule is CCNC(c1ccsc1)c1cccc(C2CCC2)c1. The van der Waals surface area contributed by atoms with E-state index < -0.39 is 0 Å². The zero-order valence-electron chi connectivity index (χ0n) is 11.4. The number of thiophene rings is 1.